The van der Waals surface area contributed by atoms with Gasteiger partial charge in [-0.2, -0.15) is 0 Å². The van der Waals surface area contributed by atoms with Gasteiger partial charge in [-0.1, -0.05) is 12.1 Å². The lowest BCUT2D eigenvalue weighted by molar-refractivity contribution is -0.153. The molecule has 0 saturated heterocycles. The highest BCUT2D eigenvalue weighted by Crippen LogP contribution is 2.24. The zero-order valence-electron chi connectivity index (χ0n) is 9.04. The fourth-order valence-electron chi connectivity index (χ4n) is 1.34. The maximum absolute atomic E-state index is 10.5. The molecule has 5 nitrogen and oxygen atoms in total. The fraction of sp³-hybridized carbons (Fsp3) is 0.364. The van der Waals surface area contributed by atoms with Gasteiger partial charge in [0.15, 0.2) is 6.10 Å². The van der Waals surface area contributed by atoms with Gasteiger partial charge in [0.05, 0.1) is 7.11 Å². The molecule has 2 atom stereocenters. The van der Waals surface area contributed by atoms with E-state index in [1.165, 1.54) is 13.2 Å². The third kappa shape index (κ3) is 2.50. The van der Waals surface area contributed by atoms with E-state index in [9.17, 15) is 15.0 Å². The van der Waals surface area contributed by atoms with Crippen molar-refractivity contribution in [3.8, 4) is 5.75 Å². The standard InChI is InChI=1S/C11H14O5/c1-6-3-4-7(5-8(6)16-2)9(12)10(13)11(14)15/h3-5,9-10,12-13H,1-2H3,(H,14,15). The zero-order valence-corrected chi connectivity index (χ0v) is 9.04. The molecule has 0 spiro atoms. The van der Waals surface area contributed by atoms with Crippen molar-refractivity contribution in [3.05, 3.63) is 29.3 Å². The number of aliphatic carboxylic acids is 1. The minimum absolute atomic E-state index is 0.303. The number of hydrogen-bond donors (Lipinski definition) is 3. The van der Waals surface area contributed by atoms with E-state index in [1.54, 1.807) is 12.1 Å². The molecule has 5 heteroatoms. The molecule has 0 radical (unpaired) electrons. The third-order valence-electron chi connectivity index (χ3n) is 2.33. The van der Waals surface area contributed by atoms with E-state index in [2.05, 4.69) is 0 Å². The maximum atomic E-state index is 10.5. The highest BCUT2D eigenvalue weighted by Gasteiger charge is 2.25. The van der Waals surface area contributed by atoms with Gasteiger partial charge in [0, 0.05) is 0 Å². The number of carboxylic acids is 1. The molecule has 1 rings (SSSR count). The van der Waals surface area contributed by atoms with Crippen molar-refractivity contribution < 1.29 is 24.9 Å². The Morgan fingerprint density at radius 3 is 2.50 bits per heavy atom. The van der Waals surface area contributed by atoms with Crippen LogP contribution in [0, 0.1) is 6.92 Å². The molecule has 1 aromatic carbocycles. The molecule has 0 bridgehead atoms. The molecule has 1 aromatic rings. The number of ether oxygens (including phenoxy) is 1. The van der Waals surface area contributed by atoms with E-state index >= 15 is 0 Å². The number of carbonyl (C=O) groups is 1. The predicted molar refractivity (Wildman–Crippen MR) is 56.3 cm³/mol. The summed E-state index contributed by atoms with van der Waals surface area (Å²) in [6, 6.07) is 4.74. The van der Waals surface area contributed by atoms with Crippen LogP contribution in [-0.2, 0) is 4.79 Å². The lowest BCUT2D eigenvalue weighted by Gasteiger charge is -2.15. The second-order valence-electron chi connectivity index (χ2n) is 3.46. The van der Waals surface area contributed by atoms with Gasteiger partial charge in [0.2, 0.25) is 0 Å². The number of aliphatic hydroxyl groups is 2. The van der Waals surface area contributed by atoms with E-state index in [0.717, 1.165) is 5.56 Å². The van der Waals surface area contributed by atoms with E-state index in [4.69, 9.17) is 9.84 Å². The Labute approximate surface area is 92.9 Å². The summed E-state index contributed by atoms with van der Waals surface area (Å²) in [5, 5.41) is 27.3. The lowest BCUT2D eigenvalue weighted by atomic mass is 10.0. The molecular formula is C11H14O5. The topological polar surface area (TPSA) is 87.0 Å². The second kappa shape index (κ2) is 4.96. The van der Waals surface area contributed by atoms with Gasteiger partial charge in [-0.25, -0.2) is 4.79 Å². The van der Waals surface area contributed by atoms with E-state index in [1.807, 2.05) is 6.92 Å². The average Bonchev–Trinajstić information content (AvgIpc) is 2.27. The Hall–Kier alpha value is -1.59. The highest BCUT2D eigenvalue weighted by molar-refractivity contribution is 5.73. The maximum Gasteiger partial charge on any atom is 0.335 e. The van der Waals surface area contributed by atoms with Gasteiger partial charge >= 0.3 is 5.97 Å². The summed E-state index contributed by atoms with van der Waals surface area (Å²) in [4.78, 5) is 10.5. The molecule has 88 valence electrons. The third-order valence-corrected chi connectivity index (χ3v) is 2.33. The molecule has 0 fully saturated rings. The van der Waals surface area contributed by atoms with Crippen molar-refractivity contribution in [1.82, 2.24) is 0 Å². The minimum atomic E-state index is -1.84. The van der Waals surface area contributed by atoms with Crippen molar-refractivity contribution >= 4 is 5.97 Å². The first-order chi connectivity index (χ1) is 7.47. The molecule has 0 saturated carbocycles. The van der Waals surface area contributed by atoms with Crippen molar-refractivity contribution in [3.63, 3.8) is 0 Å². The molecule has 0 aliphatic rings. The highest BCUT2D eigenvalue weighted by atomic mass is 16.5. The Morgan fingerprint density at radius 1 is 1.38 bits per heavy atom. The van der Waals surface area contributed by atoms with Crippen LogP contribution >= 0.6 is 0 Å². The number of aliphatic hydroxyl groups excluding tert-OH is 2. The van der Waals surface area contributed by atoms with Crippen molar-refractivity contribution in [2.24, 2.45) is 0 Å². The Kier molecular flexibility index (Phi) is 3.87. The van der Waals surface area contributed by atoms with Crippen LogP contribution in [0.15, 0.2) is 18.2 Å². The van der Waals surface area contributed by atoms with E-state index < -0.39 is 18.2 Å². The quantitative estimate of drug-likeness (QED) is 0.695. The lowest BCUT2D eigenvalue weighted by Crippen LogP contribution is -2.27. The number of hydrogen-bond acceptors (Lipinski definition) is 4. The summed E-state index contributed by atoms with van der Waals surface area (Å²) >= 11 is 0. The Balaban J connectivity index is 3.00. The van der Waals surface area contributed by atoms with Crippen LogP contribution in [0.25, 0.3) is 0 Å². The fourth-order valence-corrected chi connectivity index (χ4v) is 1.34. The molecule has 0 amide bonds. The summed E-state index contributed by atoms with van der Waals surface area (Å²) in [7, 11) is 1.48. The van der Waals surface area contributed by atoms with Gasteiger partial charge in [-0.15, -0.1) is 0 Å². The van der Waals surface area contributed by atoms with Gasteiger partial charge in [-0.05, 0) is 24.1 Å². The molecule has 2 unspecified atom stereocenters. The summed E-state index contributed by atoms with van der Waals surface area (Å²) in [6.07, 6.45) is -3.31. The van der Waals surface area contributed by atoms with Crippen LogP contribution in [0.1, 0.15) is 17.2 Å². The molecule has 0 heterocycles. The molecular weight excluding hydrogens is 212 g/mol. The van der Waals surface area contributed by atoms with Crippen molar-refractivity contribution in [2.45, 2.75) is 19.1 Å². The van der Waals surface area contributed by atoms with Crippen LogP contribution in [-0.4, -0.2) is 34.5 Å². The van der Waals surface area contributed by atoms with Crippen LogP contribution in [0.3, 0.4) is 0 Å². The van der Waals surface area contributed by atoms with Crippen molar-refractivity contribution in [1.29, 1.82) is 0 Å². The van der Waals surface area contributed by atoms with Gasteiger partial charge in [0.1, 0.15) is 11.9 Å². The summed E-state index contributed by atoms with van der Waals surface area (Å²) < 4.78 is 5.04. The largest absolute Gasteiger partial charge is 0.496 e. The van der Waals surface area contributed by atoms with Crippen LogP contribution in [0.2, 0.25) is 0 Å². The summed E-state index contributed by atoms with van der Waals surface area (Å²) in [5.41, 5.74) is 1.17. The first kappa shape index (κ1) is 12.5. The molecule has 0 aromatic heterocycles. The van der Waals surface area contributed by atoms with Crippen LogP contribution in [0.4, 0.5) is 0 Å². The first-order valence-corrected chi connectivity index (χ1v) is 4.71. The number of methoxy groups -OCH3 is 1. The summed E-state index contributed by atoms with van der Waals surface area (Å²) in [6.45, 7) is 1.82. The SMILES string of the molecule is COc1cc(C(O)C(O)C(=O)O)ccc1C. The van der Waals surface area contributed by atoms with Crippen molar-refractivity contribution in [2.75, 3.05) is 7.11 Å². The number of rotatable bonds is 4. The van der Waals surface area contributed by atoms with Gasteiger partial charge in [0.25, 0.3) is 0 Å². The Morgan fingerprint density at radius 2 is 2.00 bits per heavy atom. The number of carboxylic acid groups (broad SMARTS) is 1. The summed E-state index contributed by atoms with van der Waals surface area (Å²) in [5.74, 6) is -0.929. The van der Waals surface area contributed by atoms with Gasteiger partial charge < -0.3 is 20.1 Å². The van der Waals surface area contributed by atoms with Gasteiger partial charge in [-0.3, -0.25) is 0 Å². The van der Waals surface area contributed by atoms with Crippen LogP contribution in [0.5, 0.6) is 5.75 Å². The van der Waals surface area contributed by atoms with E-state index in [0.29, 0.717) is 11.3 Å². The Bertz CT molecular complexity index is 388. The minimum Gasteiger partial charge on any atom is -0.496 e. The predicted octanol–water partition coefficient (Wildman–Crippen LogP) is 0.483. The molecule has 0 aliphatic heterocycles. The average molecular weight is 226 g/mol. The smallest absolute Gasteiger partial charge is 0.335 e. The molecule has 0 aliphatic carbocycles. The monoisotopic (exact) mass is 226 g/mol. The first-order valence-electron chi connectivity index (χ1n) is 4.71. The van der Waals surface area contributed by atoms with Crippen LogP contribution < -0.4 is 4.74 Å². The zero-order chi connectivity index (χ0) is 12.3. The number of benzene rings is 1. The second-order valence-corrected chi connectivity index (χ2v) is 3.46. The number of aryl methyl sites for hydroxylation is 1. The normalized spacial score (nSPS) is 14.2. The molecule has 3 N–H and O–H groups in total. The van der Waals surface area contributed by atoms with E-state index in [-0.39, 0.29) is 0 Å². The molecule has 16 heavy (non-hydrogen) atoms.